The van der Waals surface area contributed by atoms with Gasteiger partial charge in [-0.25, -0.2) is 9.97 Å². The number of amides is 1. The maximum atomic E-state index is 11.2. The third-order valence-corrected chi connectivity index (χ3v) is 4.96. The van der Waals surface area contributed by atoms with Gasteiger partial charge in [-0.15, -0.1) is 11.3 Å². The quantitative estimate of drug-likeness (QED) is 0.919. The van der Waals surface area contributed by atoms with Gasteiger partial charge in [0.25, 0.3) is 0 Å². The van der Waals surface area contributed by atoms with Gasteiger partial charge >= 0.3 is 0 Å². The van der Waals surface area contributed by atoms with E-state index in [0.717, 1.165) is 30.2 Å². The fourth-order valence-electron chi connectivity index (χ4n) is 2.76. The van der Waals surface area contributed by atoms with Gasteiger partial charge < -0.3 is 10.2 Å². The van der Waals surface area contributed by atoms with E-state index in [4.69, 9.17) is 0 Å². The Kier molecular flexibility index (Phi) is 3.33. The number of aromatic nitrogens is 2. The van der Waals surface area contributed by atoms with Gasteiger partial charge in [-0.05, 0) is 25.8 Å². The maximum absolute atomic E-state index is 11.2. The van der Waals surface area contributed by atoms with Crippen LogP contribution in [0.4, 0.5) is 5.82 Å². The summed E-state index contributed by atoms with van der Waals surface area (Å²) in [7, 11) is 0. The van der Waals surface area contributed by atoms with E-state index < -0.39 is 0 Å². The van der Waals surface area contributed by atoms with E-state index in [1.54, 1.807) is 24.6 Å². The molecule has 0 aromatic carbocycles. The van der Waals surface area contributed by atoms with Gasteiger partial charge in [0, 0.05) is 30.9 Å². The van der Waals surface area contributed by atoms with E-state index >= 15 is 0 Å². The number of fused-ring (bicyclic) bond motifs is 1. The molecule has 3 heterocycles. The van der Waals surface area contributed by atoms with Crippen LogP contribution in [0.15, 0.2) is 6.33 Å². The standard InChI is InChI=1S/C14H18N4OS/c1-8-9(2)20-14-12(8)13(15-7-16-14)18-5-4-11(6-18)17-10(3)19/h7,11H,4-6H2,1-3H3,(H,17,19)/t11-/m0/s1. The van der Waals surface area contributed by atoms with Gasteiger partial charge in [0.05, 0.1) is 5.39 Å². The summed E-state index contributed by atoms with van der Waals surface area (Å²) in [5.41, 5.74) is 1.27. The van der Waals surface area contributed by atoms with E-state index in [1.165, 1.54) is 15.8 Å². The summed E-state index contributed by atoms with van der Waals surface area (Å²) in [5, 5.41) is 4.15. The monoisotopic (exact) mass is 290 g/mol. The second kappa shape index (κ2) is 5.01. The predicted molar refractivity (Wildman–Crippen MR) is 81.3 cm³/mol. The molecule has 2 aromatic heterocycles. The molecule has 1 fully saturated rings. The van der Waals surface area contributed by atoms with Crippen molar-refractivity contribution in [1.29, 1.82) is 0 Å². The highest BCUT2D eigenvalue weighted by Gasteiger charge is 2.26. The molecule has 0 radical (unpaired) electrons. The van der Waals surface area contributed by atoms with Crippen molar-refractivity contribution in [2.24, 2.45) is 0 Å². The van der Waals surface area contributed by atoms with Gasteiger partial charge in [-0.1, -0.05) is 0 Å². The number of rotatable bonds is 2. The lowest BCUT2D eigenvalue weighted by atomic mass is 10.2. The molecule has 5 nitrogen and oxygen atoms in total. The number of nitrogens with zero attached hydrogens (tertiary/aromatic N) is 3. The number of aryl methyl sites for hydroxylation is 2. The van der Waals surface area contributed by atoms with Gasteiger partial charge in [-0.2, -0.15) is 0 Å². The lowest BCUT2D eigenvalue weighted by molar-refractivity contribution is -0.119. The van der Waals surface area contributed by atoms with Gasteiger partial charge in [-0.3, -0.25) is 4.79 Å². The Morgan fingerprint density at radius 2 is 2.25 bits per heavy atom. The van der Waals surface area contributed by atoms with Crippen LogP contribution in [0.5, 0.6) is 0 Å². The van der Waals surface area contributed by atoms with Crippen LogP contribution in [0, 0.1) is 13.8 Å². The summed E-state index contributed by atoms with van der Waals surface area (Å²) < 4.78 is 0. The number of anilines is 1. The van der Waals surface area contributed by atoms with Crippen LogP contribution in [0.1, 0.15) is 23.8 Å². The third-order valence-electron chi connectivity index (χ3n) is 3.84. The number of thiophene rings is 1. The molecule has 6 heteroatoms. The molecule has 2 aromatic rings. The SMILES string of the molecule is CC(=O)N[C@H]1CCN(c2ncnc3sc(C)c(C)c23)C1. The van der Waals surface area contributed by atoms with Crippen LogP contribution >= 0.6 is 11.3 Å². The van der Waals surface area contributed by atoms with Crippen molar-refractivity contribution in [1.82, 2.24) is 15.3 Å². The molecule has 20 heavy (non-hydrogen) atoms. The van der Waals surface area contributed by atoms with Crippen molar-refractivity contribution >= 4 is 33.3 Å². The summed E-state index contributed by atoms with van der Waals surface area (Å²) in [6.07, 6.45) is 2.60. The minimum absolute atomic E-state index is 0.0345. The average Bonchev–Trinajstić information content (AvgIpc) is 2.95. The van der Waals surface area contributed by atoms with Gasteiger partial charge in [0.2, 0.25) is 5.91 Å². The van der Waals surface area contributed by atoms with E-state index in [2.05, 4.69) is 34.0 Å². The second-order valence-corrected chi connectivity index (χ2v) is 6.50. The van der Waals surface area contributed by atoms with Crippen molar-refractivity contribution in [3.05, 3.63) is 16.8 Å². The first-order valence-corrected chi connectivity index (χ1v) is 7.60. The van der Waals surface area contributed by atoms with Crippen LogP contribution in [0.3, 0.4) is 0 Å². The molecule has 1 aliphatic heterocycles. The summed E-state index contributed by atoms with van der Waals surface area (Å²) in [5.74, 6) is 1.04. The lowest BCUT2D eigenvalue weighted by Gasteiger charge is -2.18. The highest BCUT2D eigenvalue weighted by atomic mass is 32.1. The van der Waals surface area contributed by atoms with E-state index in [-0.39, 0.29) is 11.9 Å². The Labute approximate surface area is 122 Å². The third kappa shape index (κ3) is 2.24. The predicted octanol–water partition coefficient (Wildman–Crippen LogP) is 2.02. The Morgan fingerprint density at radius 3 is 3.00 bits per heavy atom. The number of hydrogen-bond donors (Lipinski definition) is 1. The largest absolute Gasteiger partial charge is 0.354 e. The Hall–Kier alpha value is -1.69. The smallest absolute Gasteiger partial charge is 0.217 e. The van der Waals surface area contributed by atoms with Crippen molar-refractivity contribution in [3.63, 3.8) is 0 Å². The number of hydrogen-bond acceptors (Lipinski definition) is 5. The topological polar surface area (TPSA) is 58.1 Å². The molecule has 0 saturated carbocycles. The minimum Gasteiger partial charge on any atom is -0.354 e. The first-order chi connectivity index (χ1) is 9.56. The first kappa shape index (κ1) is 13.3. The Balaban J connectivity index is 1.93. The molecular weight excluding hydrogens is 272 g/mol. The molecule has 1 saturated heterocycles. The van der Waals surface area contributed by atoms with E-state index in [1.807, 2.05) is 0 Å². The van der Waals surface area contributed by atoms with Crippen LogP contribution in [-0.4, -0.2) is 35.0 Å². The highest BCUT2D eigenvalue weighted by molar-refractivity contribution is 7.18. The number of carbonyl (C=O) groups is 1. The fraction of sp³-hybridized carbons (Fsp3) is 0.500. The van der Waals surface area contributed by atoms with Crippen molar-refractivity contribution in [2.45, 2.75) is 33.2 Å². The molecule has 1 atom stereocenters. The fourth-order valence-corrected chi connectivity index (χ4v) is 3.75. The first-order valence-electron chi connectivity index (χ1n) is 6.79. The molecule has 1 amide bonds. The highest BCUT2D eigenvalue weighted by Crippen LogP contribution is 2.35. The number of carbonyl (C=O) groups excluding carboxylic acids is 1. The molecule has 0 aliphatic carbocycles. The zero-order chi connectivity index (χ0) is 14.3. The molecule has 0 unspecified atom stereocenters. The molecular formula is C14H18N4OS. The van der Waals surface area contributed by atoms with Crippen molar-refractivity contribution < 1.29 is 4.79 Å². The van der Waals surface area contributed by atoms with Crippen molar-refractivity contribution in [2.75, 3.05) is 18.0 Å². The summed E-state index contributed by atoms with van der Waals surface area (Å²) in [6.45, 7) is 7.56. The average molecular weight is 290 g/mol. The second-order valence-electron chi connectivity index (χ2n) is 5.29. The molecule has 1 aliphatic rings. The summed E-state index contributed by atoms with van der Waals surface area (Å²) >= 11 is 1.72. The molecule has 1 N–H and O–H groups in total. The maximum Gasteiger partial charge on any atom is 0.217 e. The van der Waals surface area contributed by atoms with Crippen molar-refractivity contribution in [3.8, 4) is 0 Å². The number of nitrogens with one attached hydrogen (secondary N) is 1. The van der Waals surface area contributed by atoms with Crippen LogP contribution < -0.4 is 10.2 Å². The summed E-state index contributed by atoms with van der Waals surface area (Å²) in [6, 6.07) is 0.220. The zero-order valence-corrected chi connectivity index (χ0v) is 12.8. The normalized spacial score (nSPS) is 18.8. The van der Waals surface area contributed by atoms with Gasteiger partial charge in [0.1, 0.15) is 17.0 Å². The van der Waals surface area contributed by atoms with E-state index in [0.29, 0.717) is 0 Å². The zero-order valence-electron chi connectivity index (χ0n) is 11.9. The molecule has 3 rings (SSSR count). The molecule has 0 bridgehead atoms. The van der Waals surface area contributed by atoms with Crippen LogP contribution in [0.2, 0.25) is 0 Å². The molecule has 0 spiro atoms. The van der Waals surface area contributed by atoms with Crippen LogP contribution in [-0.2, 0) is 4.79 Å². The molecule has 106 valence electrons. The van der Waals surface area contributed by atoms with E-state index in [9.17, 15) is 4.79 Å². The Bertz CT molecular complexity index is 666. The van der Waals surface area contributed by atoms with Gasteiger partial charge in [0.15, 0.2) is 0 Å². The summed E-state index contributed by atoms with van der Waals surface area (Å²) in [4.78, 5) is 24.6. The lowest BCUT2D eigenvalue weighted by Crippen LogP contribution is -2.35. The Morgan fingerprint density at radius 1 is 1.45 bits per heavy atom. The van der Waals surface area contributed by atoms with Crippen LogP contribution in [0.25, 0.3) is 10.2 Å². The minimum atomic E-state index is 0.0345.